The largest absolute Gasteiger partial charge is 0.497 e. The van der Waals surface area contributed by atoms with E-state index in [1.165, 1.54) is 6.08 Å². The lowest BCUT2D eigenvalue weighted by Gasteiger charge is -2.05. The minimum absolute atomic E-state index is 0.00974. The Morgan fingerprint density at radius 2 is 1.70 bits per heavy atom. The van der Waals surface area contributed by atoms with Crippen molar-refractivity contribution in [3.8, 4) is 5.75 Å². The van der Waals surface area contributed by atoms with Crippen molar-refractivity contribution >= 4 is 23.7 Å². The average Bonchev–Trinajstić information content (AvgIpc) is 2.71. The highest BCUT2D eigenvalue weighted by atomic mass is 16.5. The van der Waals surface area contributed by atoms with Crippen LogP contribution < -0.4 is 10.1 Å². The zero-order valence-corrected chi connectivity index (χ0v) is 15.0. The third-order valence-electron chi connectivity index (χ3n) is 3.63. The molecule has 0 aliphatic rings. The zero-order valence-electron chi connectivity index (χ0n) is 15.0. The van der Waals surface area contributed by atoms with Crippen LogP contribution in [0.1, 0.15) is 22.3 Å². The molecule has 6 nitrogen and oxygen atoms in total. The molecule has 0 spiro atoms. The van der Waals surface area contributed by atoms with Crippen molar-refractivity contribution in [1.82, 2.24) is 5.32 Å². The van der Waals surface area contributed by atoms with Crippen molar-refractivity contribution < 1.29 is 23.9 Å². The van der Waals surface area contributed by atoms with Gasteiger partial charge in [-0.25, -0.2) is 0 Å². The van der Waals surface area contributed by atoms with Gasteiger partial charge in [0.2, 0.25) is 5.91 Å². The molecule has 0 unspecified atom stereocenters. The fraction of sp³-hybridized carbons (Fsp3) is 0.190. The molecule has 0 aliphatic carbocycles. The maximum atomic E-state index is 11.8. The summed E-state index contributed by atoms with van der Waals surface area (Å²) >= 11 is 0. The Morgan fingerprint density at radius 1 is 1.00 bits per heavy atom. The topological polar surface area (TPSA) is 81.7 Å². The third-order valence-corrected chi connectivity index (χ3v) is 3.63. The smallest absolute Gasteiger partial charge is 0.308 e. The van der Waals surface area contributed by atoms with Gasteiger partial charge in [0, 0.05) is 18.2 Å². The first-order valence-electron chi connectivity index (χ1n) is 8.42. The van der Waals surface area contributed by atoms with Crippen molar-refractivity contribution in [2.24, 2.45) is 0 Å². The number of carbonyl (C=O) groups is 3. The molecule has 0 atom stereocenters. The number of ether oxygens (including phenoxy) is 2. The number of ketones is 1. The summed E-state index contributed by atoms with van der Waals surface area (Å²) in [6.45, 7) is -0.182. The number of hydrogen-bond acceptors (Lipinski definition) is 5. The maximum absolute atomic E-state index is 11.8. The van der Waals surface area contributed by atoms with Crippen LogP contribution in [0, 0.1) is 0 Å². The Balaban J connectivity index is 1.65. The minimum Gasteiger partial charge on any atom is -0.497 e. The van der Waals surface area contributed by atoms with E-state index in [9.17, 15) is 14.4 Å². The van der Waals surface area contributed by atoms with Crippen molar-refractivity contribution in [3.05, 3.63) is 71.8 Å². The first kappa shape index (κ1) is 19.9. The minimum atomic E-state index is -0.543. The molecule has 27 heavy (non-hydrogen) atoms. The van der Waals surface area contributed by atoms with Gasteiger partial charge in [-0.2, -0.15) is 0 Å². The summed E-state index contributed by atoms with van der Waals surface area (Å²) in [5.41, 5.74) is 1.34. The van der Waals surface area contributed by atoms with Crippen LogP contribution in [0.4, 0.5) is 0 Å². The van der Waals surface area contributed by atoms with Crippen molar-refractivity contribution in [2.45, 2.75) is 6.42 Å². The van der Waals surface area contributed by atoms with Crippen LogP contribution in [-0.4, -0.2) is 37.9 Å². The van der Waals surface area contributed by atoms with E-state index in [0.29, 0.717) is 5.56 Å². The Labute approximate surface area is 157 Å². The van der Waals surface area contributed by atoms with E-state index >= 15 is 0 Å². The standard InChI is InChI=1S/C21H21NO5/c1-26-18-10-7-16(8-11-18)9-12-20(24)22-14-13-21(25)27-15-19(23)17-5-3-2-4-6-17/h2-12H,13-15H2,1H3,(H,22,24)/b12-9+. The van der Waals surface area contributed by atoms with Gasteiger partial charge < -0.3 is 14.8 Å². The molecule has 0 aliphatic heterocycles. The molecule has 0 aromatic heterocycles. The first-order chi connectivity index (χ1) is 13.1. The van der Waals surface area contributed by atoms with E-state index in [2.05, 4.69) is 5.32 Å². The predicted molar refractivity (Wildman–Crippen MR) is 101 cm³/mol. The van der Waals surface area contributed by atoms with Crippen molar-refractivity contribution in [3.63, 3.8) is 0 Å². The van der Waals surface area contributed by atoms with Crippen LogP contribution >= 0.6 is 0 Å². The Hall–Kier alpha value is -3.41. The molecule has 1 amide bonds. The first-order valence-corrected chi connectivity index (χ1v) is 8.42. The van der Waals surface area contributed by atoms with Gasteiger partial charge in [-0.15, -0.1) is 0 Å². The molecule has 0 saturated heterocycles. The Kier molecular flexibility index (Phi) is 7.78. The summed E-state index contributed by atoms with van der Waals surface area (Å²) in [4.78, 5) is 35.2. The van der Waals surface area contributed by atoms with Gasteiger partial charge in [0.15, 0.2) is 12.4 Å². The van der Waals surface area contributed by atoms with Gasteiger partial charge in [-0.1, -0.05) is 42.5 Å². The fourth-order valence-corrected chi connectivity index (χ4v) is 2.16. The van der Waals surface area contributed by atoms with Crippen molar-refractivity contribution in [2.75, 3.05) is 20.3 Å². The van der Waals surface area contributed by atoms with Crippen LogP contribution in [0.2, 0.25) is 0 Å². The zero-order chi connectivity index (χ0) is 19.5. The summed E-state index contributed by atoms with van der Waals surface area (Å²) in [5, 5.41) is 2.59. The molecule has 140 valence electrons. The lowest BCUT2D eigenvalue weighted by molar-refractivity contribution is -0.142. The van der Waals surface area contributed by atoms with E-state index in [1.807, 2.05) is 12.1 Å². The number of amides is 1. The van der Waals surface area contributed by atoms with Crippen LogP contribution in [0.15, 0.2) is 60.7 Å². The number of hydrogen-bond donors (Lipinski definition) is 1. The number of nitrogens with one attached hydrogen (secondary N) is 1. The fourth-order valence-electron chi connectivity index (χ4n) is 2.16. The number of methoxy groups -OCH3 is 1. The van der Waals surface area contributed by atoms with E-state index in [4.69, 9.17) is 9.47 Å². The number of benzene rings is 2. The molecule has 2 rings (SSSR count). The maximum Gasteiger partial charge on any atom is 0.308 e. The number of Topliss-reactive ketones (excluding diaryl/α,β-unsaturated/α-hetero) is 1. The second-order valence-electron chi connectivity index (χ2n) is 5.60. The lowest BCUT2D eigenvalue weighted by Crippen LogP contribution is -2.25. The summed E-state index contributed by atoms with van der Waals surface area (Å²) in [6, 6.07) is 15.8. The van der Waals surface area contributed by atoms with Gasteiger partial charge in [0.1, 0.15) is 5.75 Å². The molecule has 0 radical (unpaired) electrons. The predicted octanol–water partition coefficient (Wildman–Crippen LogP) is 2.64. The summed E-state index contributed by atoms with van der Waals surface area (Å²) in [7, 11) is 1.58. The van der Waals surface area contributed by atoms with Gasteiger partial charge in [0.25, 0.3) is 0 Å². The van der Waals surface area contributed by atoms with E-state index in [0.717, 1.165) is 11.3 Å². The summed E-state index contributed by atoms with van der Waals surface area (Å²) < 4.78 is 9.98. The van der Waals surface area contributed by atoms with Gasteiger partial charge >= 0.3 is 5.97 Å². The second kappa shape index (κ2) is 10.6. The summed E-state index contributed by atoms with van der Waals surface area (Å²) in [5.74, 6) is -0.394. The normalized spacial score (nSPS) is 10.4. The molecule has 1 N–H and O–H groups in total. The molecule has 2 aromatic rings. The Bertz CT molecular complexity index is 797. The second-order valence-corrected chi connectivity index (χ2v) is 5.60. The number of esters is 1. The molecule has 0 bridgehead atoms. The molecule has 2 aromatic carbocycles. The van der Waals surface area contributed by atoms with E-state index in [1.54, 1.807) is 55.7 Å². The SMILES string of the molecule is COc1ccc(/C=C/C(=O)NCCC(=O)OCC(=O)c2ccccc2)cc1. The third kappa shape index (κ3) is 7.15. The van der Waals surface area contributed by atoms with E-state index < -0.39 is 5.97 Å². The monoisotopic (exact) mass is 367 g/mol. The number of carbonyl (C=O) groups excluding carboxylic acids is 3. The average molecular weight is 367 g/mol. The highest BCUT2D eigenvalue weighted by molar-refractivity contribution is 5.98. The van der Waals surface area contributed by atoms with Crippen LogP contribution in [0.5, 0.6) is 5.75 Å². The van der Waals surface area contributed by atoms with Gasteiger partial charge in [-0.3, -0.25) is 14.4 Å². The highest BCUT2D eigenvalue weighted by Crippen LogP contribution is 2.12. The van der Waals surface area contributed by atoms with Gasteiger partial charge in [-0.05, 0) is 23.8 Å². The number of rotatable bonds is 9. The van der Waals surface area contributed by atoms with Crippen LogP contribution in [-0.2, 0) is 14.3 Å². The molecule has 0 heterocycles. The van der Waals surface area contributed by atoms with Crippen molar-refractivity contribution in [1.29, 1.82) is 0 Å². The quantitative estimate of drug-likeness (QED) is 0.419. The van der Waals surface area contributed by atoms with Gasteiger partial charge in [0.05, 0.1) is 13.5 Å². The van der Waals surface area contributed by atoms with E-state index in [-0.39, 0.29) is 31.3 Å². The molecule has 0 fully saturated rings. The molecular formula is C21H21NO5. The summed E-state index contributed by atoms with van der Waals surface area (Å²) in [6.07, 6.45) is 3.03. The molecule has 6 heteroatoms. The van der Waals surface area contributed by atoms with Crippen LogP contribution in [0.25, 0.3) is 6.08 Å². The Morgan fingerprint density at radius 3 is 2.37 bits per heavy atom. The highest BCUT2D eigenvalue weighted by Gasteiger charge is 2.09. The van der Waals surface area contributed by atoms with Crippen LogP contribution in [0.3, 0.4) is 0 Å². The lowest BCUT2D eigenvalue weighted by atomic mass is 10.1. The molecular weight excluding hydrogens is 346 g/mol. The molecule has 0 saturated carbocycles.